The van der Waals surface area contributed by atoms with Crippen molar-refractivity contribution in [3.05, 3.63) is 63.1 Å². The molecule has 0 fully saturated rings. The molecule has 0 radical (unpaired) electrons. The number of benzene rings is 2. The number of aliphatic hydroxyl groups is 1. The molecule has 1 unspecified atom stereocenters. The van der Waals surface area contributed by atoms with Crippen LogP contribution < -0.4 is 4.74 Å². The van der Waals surface area contributed by atoms with Crippen molar-refractivity contribution in [1.82, 2.24) is 0 Å². The second-order valence-electron chi connectivity index (χ2n) is 4.59. The molecule has 2 aromatic carbocycles. The molecule has 20 heavy (non-hydrogen) atoms. The highest BCUT2D eigenvalue weighted by Crippen LogP contribution is 2.28. The van der Waals surface area contributed by atoms with Crippen molar-refractivity contribution >= 4 is 27.5 Å². The van der Waals surface area contributed by atoms with E-state index in [1.165, 1.54) is 0 Å². The fourth-order valence-electron chi connectivity index (χ4n) is 2.12. The number of halogens is 2. The van der Waals surface area contributed by atoms with Crippen molar-refractivity contribution < 1.29 is 9.84 Å². The van der Waals surface area contributed by atoms with Gasteiger partial charge >= 0.3 is 0 Å². The van der Waals surface area contributed by atoms with Gasteiger partial charge in [0.25, 0.3) is 0 Å². The minimum atomic E-state index is 0.0377. The van der Waals surface area contributed by atoms with Crippen LogP contribution in [0.25, 0.3) is 0 Å². The maximum Gasteiger partial charge on any atom is 0.119 e. The normalized spacial score (nSPS) is 12.2. The summed E-state index contributed by atoms with van der Waals surface area (Å²) in [5.74, 6) is 0.853. The van der Waals surface area contributed by atoms with Gasteiger partial charge in [0.15, 0.2) is 0 Å². The molecule has 0 heterocycles. The highest BCUT2D eigenvalue weighted by molar-refractivity contribution is 9.10. The molecular formula is C16H16BrClO2. The molecule has 1 atom stereocenters. The van der Waals surface area contributed by atoms with Crippen LogP contribution in [0.4, 0.5) is 0 Å². The maximum atomic E-state index is 9.65. The summed E-state index contributed by atoms with van der Waals surface area (Å²) in [6.45, 7) is 0.0886. The van der Waals surface area contributed by atoms with Crippen LogP contribution in [0, 0.1) is 0 Å². The number of methoxy groups -OCH3 is 1. The molecule has 2 nitrogen and oxygen atoms in total. The molecule has 0 saturated heterocycles. The van der Waals surface area contributed by atoms with E-state index >= 15 is 0 Å². The van der Waals surface area contributed by atoms with E-state index in [1.54, 1.807) is 7.11 Å². The lowest BCUT2D eigenvalue weighted by Crippen LogP contribution is -2.08. The van der Waals surface area contributed by atoms with Crippen molar-refractivity contribution in [3.63, 3.8) is 0 Å². The van der Waals surface area contributed by atoms with Gasteiger partial charge < -0.3 is 9.84 Å². The second kappa shape index (κ2) is 7.11. The van der Waals surface area contributed by atoms with Gasteiger partial charge in [-0.15, -0.1) is 0 Å². The molecule has 0 aromatic heterocycles. The van der Waals surface area contributed by atoms with Gasteiger partial charge in [0, 0.05) is 15.4 Å². The number of rotatable bonds is 5. The van der Waals surface area contributed by atoms with Gasteiger partial charge in [0.2, 0.25) is 0 Å². The van der Waals surface area contributed by atoms with E-state index in [1.807, 2.05) is 42.5 Å². The zero-order chi connectivity index (χ0) is 14.5. The van der Waals surface area contributed by atoms with Crippen molar-refractivity contribution in [2.75, 3.05) is 13.7 Å². The molecular weight excluding hydrogens is 340 g/mol. The third-order valence-electron chi connectivity index (χ3n) is 3.28. The lowest BCUT2D eigenvalue weighted by atomic mass is 9.92. The average molecular weight is 356 g/mol. The summed E-state index contributed by atoms with van der Waals surface area (Å²) in [5, 5.41) is 10.3. The van der Waals surface area contributed by atoms with Crippen molar-refractivity contribution in [1.29, 1.82) is 0 Å². The number of hydrogen-bond donors (Lipinski definition) is 1. The first-order chi connectivity index (χ1) is 9.63. The van der Waals surface area contributed by atoms with Gasteiger partial charge in [-0.25, -0.2) is 0 Å². The molecule has 4 heteroatoms. The smallest absolute Gasteiger partial charge is 0.119 e. The Kier molecular flexibility index (Phi) is 5.46. The number of hydrogen-bond acceptors (Lipinski definition) is 2. The molecule has 1 N–H and O–H groups in total. The third-order valence-corrected chi connectivity index (χ3v) is 4.31. The zero-order valence-corrected chi connectivity index (χ0v) is 13.5. The largest absolute Gasteiger partial charge is 0.497 e. The minimum absolute atomic E-state index is 0.0377. The van der Waals surface area contributed by atoms with Crippen molar-refractivity contribution in [2.45, 2.75) is 12.3 Å². The van der Waals surface area contributed by atoms with Crippen LogP contribution in [0.1, 0.15) is 17.0 Å². The second-order valence-corrected chi connectivity index (χ2v) is 5.88. The minimum Gasteiger partial charge on any atom is -0.497 e. The van der Waals surface area contributed by atoms with Crippen LogP contribution in [0.15, 0.2) is 46.9 Å². The van der Waals surface area contributed by atoms with E-state index in [0.717, 1.165) is 27.8 Å². The first-order valence-corrected chi connectivity index (χ1v) is 7.50. The van der Waals surface area contributed by atoms with E-state index in [0.29, 0.717) is 5.02 Å². The molecule has 0 aliphatic rings. The van der Waals surface area contributed by atoms with Crippen LogP contribution in [-0.4, -0.2) is 18.8 Å². The van der Waals surface area contributed by atoms with Crippen molar-refractivity contribution in [3.8, 4) is 5.75 Å². The Morgan fingerprint density at radius 3 is 2.50 bits per heavy atom. The SMILES string of the molecule is COc1ccc(Br)c(CC(CO)c2ccc(Cl)cc2)c1. The first kappa shape index (κ1) is 15.4. The Balaban J connectivity index is 2.23. The van der Waals surface area contributed by atoms with E-state index < -0.39 is 0 Å². The predicted molar refractivity (Wildman–Crippen MR) is 85.7 cm³/mol. The monoisotopic (exact) mass is 354 g/mol. The summed E-state index contributed by atoms with van der Waals surface area (Å²) in [7, 11) is 1.65. The molecule has 0 saturated carbocycles. The van der Waals surface area contributed by atoms with Gasteiger partial charge in [-0.3, -0.25) is 0 Å². The topological polar surface area (TPSA) is 29.5 Å². The van der Waals surface area contributed by atoms with E-state index in [4.69, 9.17) is 16.3 Å². The van der Waals surface area contributed by atoms with Crippen LogP contribution in [-0.2, 0) is 6.42 Å². The summed E-state index contributed by atoms with van der Waals surface area (Å²) in [6.07, 6.45) is 0.732. The quantitative estimate of drug-likeness (QED) is 0.860. The molecule has 0 aliphatic carbocycles. The fraction of sp³-hybridized carbons (Fsp3) is 0.250. The van der Waals surface area contributed by atoms with Gasteiger partial charge in [-0.1, -0.05) is 39.7 Å². The van der Waals surface area contributed by atoms with Gasteiger partial charge in [-0.2, -0.15) is 0 Å². The maximum absolute atomic E-state index is 9.65. The number of aliphatic hydroxyl groups excluding tert-OH is 1. The summed E-state index contributed by atoms with van der Waals surface area (Å²) in [5.41, 5.74) is 2.19. The zero-order valence-electron chi connectivity index (χ0n) is 11.1. The van der Waals surface area contributed by atoms with Crippen LogP contribution in [0.2, 0.25) is 5.02 Å². The molecule has 106 valence electrons. The standard InChI is InChI=1S/C16H16BrClO2/c1-20-15-6-7-16(17)12(9-15)8-13(10-19)11-2-4-14(18)5-3-11/h2-7,9,13,19H,8,10H2,1H3. The summed E-state index contributed by atoms with van der Waals surface area (Å²) < 4.78 is 6.26. The Morgan fingerprint density at radius 2 is 1.90 bits per heavy atom. The predicted octanol–water partition coefficient (Wildman–Crippen LogP) is 4.43. The van der Waals surface area contributed by atoms with Gasteiger partial charge in [0.05, 0.1) is 13.7 Å². The molecule has 2 rings (SSSR count). The van der Waals surface area contributed by atoms with Crippen LogP contribution in [0.3, 0.4) is 0 Å². The fourth-order valence-corrected chi connectivity index (χ4v) is 2.66. The van der Waals surface area contributed by atoms with Crippen LogP contribution in [0.5, 0.6) is 5.75 Å². The molecule has 0 spiro atoms. The van der Waals surface area contributed by atoms with Crippen molar-refractivity contribution in [2.24, 2.45) is 0 Å². The van der Waals surface area contributed by atoms with Gasteiger partial charge in [0.1, 0.15) is 5.75 Å². The van der Waals surface area contributed by atoms with E-state index in [9.17, 15) is 5.11 Å². The van der Waals surface area contributed by atoms with E-state index in [-0.39, 0.29) is 12.5 Å². The highest BCUT2D eigenvalue weighted by atomic mass is 79.9. The molecule has 0 aliphatic heterocycles. The van der Waals surface area contributed by atoms with E-state index in [2.05, 4.69) is 15.9 Å². The highest BCUT2D eigenvalue weighted by Gasteiger charge is 2.14. The average Bonchev–Trinajstić information content (AvgIpc) is 2.47. The third kappa shape index (κ3) is 3.75. The number of ether oxygens (including phenoxy) is 1. The molecule has 0 bridgehead atoms. The first-order valence-electron chi connectivity index (χ1n) is 6.32. The summed E-state index contributed by atoms with van der Waals surface area (Å²) >= 11 is 9.44. The Labute approximate surface area is 132 Å². The van der Waals surface area contributed by atoms with Crippen LogP contribution >= 0.6 is 27.5 Å². The lowest BCUT2D eigenvalue weighted by molar-refractivity contribution is 0.264. The van der Waals surface area contributed by atoms with Gasteiger partial charge in [-0.05, 0) is 47.9 Å². The molecule has 2 aromatic rings. The Hall–Kier alpha value is -1.03. The summed E-state index contributed by atoms with van der Waals surface area (Å²) in [4.78, 5) is 0. The lowest BCUT2D eigenvalue weighted by Gasteiger charge is -2.16. The Morgan fingerprint density at radius 1 is 1.20 bits per heavy atom. The Bertz CT molecular complexity index is 569. The summed E-state index contributed by atoms with van der Waals surface area (Å²) in [6, 6.07) is 13.5. The molecule has 0 amide bonds.